The number of nitrogens with zero attached hydrogens (tertiary/aromatic N) is 4. The van der Waals surface area contributed by atoms with Crippen molar-refractivity contribution in [3.63, 3.8) is 0 Å². The van der Waals surface area contributed by atoms with Gasteiger partial charge < -0.3 is 4.57 Å². The average molecular weight is 324 g/mol. The molecule has 0 saturated heterocycles. The van der Waals surface area contributed by atoms with Crippen LogP contribution in [0, 0.1) is 0 Å². The maximum absolute atomic E-state index is 4.55. The van der Waals surface area contributed by atoms with E-state index in [-0.39, 0.29) is 0 Å². The van der Waals surface area contributed by atoms with Crippen molar-refractivity contribution in [3.8, 4) is 16.8 Å². The first kappa shape index (κ1) is 15.0. The van der Waals surface area contributed by atoms with E-state index in [1.165, 1.54) is 0 Å². The number of imidazole rings is 1. The van der Waals surface area contributed by atoms with Gasteiger partial charge in [0, 0.05) is 36.7 Å². The summed E-state index contributed by atoms with van der Waals surface area (Å²) in [4.78, 5) is 12.7. The number of pyridine rings is 1. The molecule has 0 fully saturated rings. The first-order chi connectivity index (χ1) is 12.4. The molecule has 0 amide bonds. The molecule has 2 heterocycles. The number of hydrogen-bond acceptors (Lipinski definition) is 3. The molecule has 0 aliphatic carbocycles. The molecule has 0 bridgehead atoms. The Hall–Kier alpha value is -3.53. The molecule has 4 rings (SSSR count). The summed E-state index contributed by atoms with van der Waals surface area (Å²) in [6, 6.07) is 20.4. The summed E-state index contributed by atoms with van der Waals surface area (Å²) in [7, 11) is 0. The highest BCUT2D eigenvalue weighted by Gasteiger charge is 1.97. The molecule has 0 aliphatic heterocycles. The first-order valence-corrected chi connectivity index (χ1v) is 8.01. The predicted molar refractivity (Wildman–Crippen MR) is 100 cm³/mol. The molecule has 0 aliphatic rings. The standard InChI is InChI=1S/C21H16N4/c1-7-21(25-14-13-23-16-25)8-2-17(1)15-24-20-5-3-18(4-6-20)19-9-11-22-12-10-19/h1-16H. The summed E-state index contributed by atoms with van der Waals surface area (Å²) < 4.78 is 1.97. The maximum Gasteiger partial charge on any atom is 0.0991 e. The molecule has 0 spiro atoms. The predicted octanol–water partition coefficient (Wildman–Crippen LogP) is 4.68. The van der Waals surface area contributed by atoms with Gasteiger partial charge in [-0.3, -0.25) is 9.98 Å². The lowest BCUT2D eigenvalue weighted by atomic mass is 10.1. The van der Waals surface area contributed by atoms with E-state index >= 15 is 0 Å². The maximum atomic E-state index is 4.55. The first-order valence-electron chi connectivity index (χ1n) is 8.01. The SMILES string of the molecule is C(=Nc1ccc(-c2ccncc2)cc1)c1ccc(-n2ccnc2)cc1. The van der Waals surface area contributed by atoms with Crippen molar-refractivity contribution in [1.82, 2.24) is 14.5 Å². The lowest BCUT2D eigenvalue weighted by Gasteiger charge is -2.02. The van der Waals surface area contributed by atoms with Gasteiger partial charge in [0.2, 0.25) is 0 Å². The molecule has 2 aromatic heterocycles. The summed E-state index contributed by atoms with van der Waals surface area (Å²) in [5.74, 6) is 0. The Kier molecular flexibility index (Phi) is 4.16. The molecular formula is C21H16N4. The summed E-state index contributed by atoms with van der Waals surface area (Å²) in [5, 5.41) is 0. The van der Waals surface area contributed by atoms with Crippen LogP contribution in [0.15, 0.2) is 96.8 Å². The van der Waals surface area contributed by atoms with Crippen LogP contribution in [0.2, 0.25) is 0 Å². The van der Waals surface area contributed by atoms with Crippen LogP contribution in [0.4, 0.5) is 5.69 Å². The van der Waals surface area contributed by atoms with Gasteiger partial charge in [-0.05, 0) is 53.1 Å². The highest BCUT2D eigenvalue weighted by molar-refractivity contribution is 5.82. The van der Waals surface area contributed by atoms with Crippen LogP contribution in [-0.4, -0.2) is 20.7 Å². The van der Waals surface area contributed by atoms with E-state index in [9.17, 15) is 0 Å². The van der Waals surface area contributed by atoms with Gasteiger partial charge in [-0.1, -0.05) is 24.3 Å². The van der Waals surface area contributed by atoms with E-state index in [0.29, 0.717) is 0 Å². The van der Waals surface area contributed by atoms with Gasteiger partial charge >= 0.3 is 0 Å². The van der Waals surface area contributed by atoms with Gasteiger partial charge in [-0.2, -0.15) is 0 Å². The van der Waals surface area contributed by atoms with Gasteiger partial charge in [0.25, 0.3) is 0 Å². The fraction of sp³-hybridized carbons (Fsp3) is 0. The zero-order valence-electron chi connectivity index (χ0n) is 13.5. The minimum Gasteiger partial charge on any atom is -0.306 e. The van der Waals surface area contributed by atoms with Gasteiger partial charge in [0.15, 0.2) is 0 Å². The fourth-order valence-corrected chi connectivity index (χ4v) is 2.58. The molecule has 4 aromatic rings. The topological polar surface area (TPSA) is 43.1 Å². The second-order valence-electron chi connectivity index (χ2n) is 5.60. The second-order valence-corrected chi connectivity index (χ2v) is 5.60. The molecule has 120 valence electrons. The van der Waals surface area contributed by atoms with Crippen LogP contribution in [0.1, 0.15) is 5.56 Å². The van der Waals surface area contributed by atoms with Crippen LogP contribution in [0.5, 0.6) is 0 Å². The Labute approximate surface area is 146 Å². The Balaban J connectivity index is 1.48. The third-order valence-electron chi connectivity index (χ3n) is 3.94. The molecule has 0 atom stereocenters. The largest absolute Gasteiger partial charge is 0.306 e. The second kappa shape index (κ2) is 6.93. The number of benzene rings is 2. The molecule has 0 saturated carbocycles. The van der Waals surface area contributed by atoms with Crippen molar-refractivity contribution in [2.45, 2.75) is 0 Å². The quantitative estimate of drug-likeness (QED) is 0.511. The van der Waals surface area contributed by atoms with Crippen LogP contribution >= 0.6 is 0 Å². The van der Waals surface area contributed by atoms with Gasteiger partial charge in [0.1, 0.15) is 0 Å². The molecule has 4 heteroatoms. The summed E-state index contributed by atoms with van der Waals surface area (Å²) >= 11 is 0. The Morgan fingerprint density at radius 3 is 2.12 bits per heavy atom. The molecule has 25 heavy (non-hydrogen) atoms. The van der Waals surface area contributed by atoms with Gasteiger partial charge in [-0.25, -0.2) is 4.98 Å². The Bertz CT molecular complexity index is 955. The monoisotopic (exact) mass is 324 g/mol. The van der Waals surface area contributed by atoms with E-state index in [2.05, 4.69) is 39.2 Å². The van der Waals surface area contributed by atoms with Crippen molar-refractivity contribution in [1.29, 1.82) is 0 Å². The highest BCUT2D eigenvalue weighted by Crippen LogP contribution is 2.22. The van der Waals surface area contributed by atoms with Crippen molar-refractivity contribution in [2.75, 3.05) is 0 Å². The lowest BCUT2D eigenvalue weighted by molar-refractivity contribution is 1.06. The minimum atomic E-state index is 0.927. The van der Waals surface area contributed by atoms with E-state index in [1.54, 1.807) is 24.9 Å². The van der Waals surface area contributed by atoms with Crippen LogP contribution < -0.4 is 0 Å². The molecule has 2 aromatic carbocycles. The molecular weight excluding hydrogens is 308 g/mol. The highest BCUT2D eigenvalue weighted by atomic mass is 15.0. The molecule has 0 unspecified atom stereocenters. The third-order valence-corrected chi connectivity index (χ3v) is 3.94. The number of aromatic nitrogens is 3. The van der Waals surface area contributed by atoms with Gasteiger partial charge in [-0.15, -0.1) is 0 Å². The van der Waals surface area contributed by atoms with E-state index in [0.717, 1.165) is 28.1 Å². The lowest BCUT2D eigenvalue weighted by Crippen LogP contribution is -1.90. The van der Waals surface area contributed by atoms with E-state index in [4.69, 9.17) is 0 Å². The normalized spacial score (nSPS) is 11.0. The number of aliphatic imine (C=N–C) groups is 1. The van der Waals surface area contributed by atoms with Crippen molar-refractivity contribution < 1.29 is 0 Å². The Morgan fingerprint density at radius 2 is 1.44 bits per heavy atom. The van der Waals surface area contributed by atoms with E-state index < -0.39 is 0 Å². The zero-order chi connectivity index (χ0) is 16.9. The molecule has 4 nitrogen and oxygen atoms in total. The van der Waals surface area contributed by atoms with Crippen LogP contribution in [-0.2, 0) is 0 Å². The van der Waals surface area contributed by atoms with Crippen LogP contribution in [0.25, 0.3) is 16.8 Å². The van der Waals surface area contributed by atoms with Crippen molar-refractivity contribution in [3.05, 3.63) is 97.3 Å². The molecule has 0 N–H and O–H groups in total. The number of rotatable bonds is 4. The smallest absolute Gasteiger partial charge is 0.0991 e. The fourth-order valence-electron chi connectivity index (χ4n) is 2.58. The average Bonchev–Trinajstić information content (AvgIpc) is 3.23. The summed E-state index contributed by atoms with van der Waals surface area (Å²) in [6.45, 7) is 0. The van der Waals surface area contributed by atoms with Crippen molar-refractivity contribution in [2.24, 2.45) is 4.99 Å². The minimum absolute atomic E-state index is 0.927. The number of hydrogen-bond donors (Lipinski definition) is 0. The van der Waals surface area contributed by atoms with Crippen molar-refractivity contribution >= 4 is 11.9 Å². The Morgan fingerprint density at radius 1 is 0.720 bits per heavy atom. The van der Waals surface area contributed by atoms with Gasteiger partial charge in [0.05, 0.1) is 12.0 Å². The third kappa shape index (κ3) is 3.53. The summed E-state index contributed by atoms with van der Waals surface area (Å²) in [5.41, 5.74) is 5.38. The van der Waals surface area contributed by atoms with E-state index in [1.807, 2.05) is 53.4 Å². The van der Waals surface area contributed by atoms with Crippen LogP contribution in [0.3, 0.4) is 0 Å². The molecule has 0 radical (unpaired) electrons. The zero-order valence-corrected chi connectivity index (χ0v) is 13.5. The summed E-state index contributed by atoms with van der Waals surface area (Å²) in [6.07, 6.45) is 11.0.